The number of rotatable bonds is 5. The van der Waals surface area contributed by atoms with Crippen LogP contribution in [-0.4, -0.2) is 42.1 Å². The summed E-state index contributed by atoms with van der Waals surface area (Å²) in [5.41, 5.74) is 6.54. The van der Waals surface area contributed by atoms with Gasteiger partial charge in [-0.1, -0.05) is 48.5 Å². The summed E-state index contributed by atoms with van der Waals surface area (Å²) >= 11 is 0. The number of nitrogens with one attached hydrogen (secondary N) is 1. The Kier molecular flexibility index (Phi) is 7.56. The molecule has 0 bridgehead atoms. The third kappa shape index (κ3) is 6.03. The van der Waals surface area contributed by atoms with Gasteiger partial charge in [-0.15, -0.1) is 0 Å². The third-order valence-electron chi connectivity index (χ3n) is 7.81. The van der Waals surface area contributed by atoms with E-state index >= 15 is 0 Å². The van der Waals surface area contributed by atoms with E-state index < -0.39 is 5.97 Å². The molecule has 192 valence electrons. The fourth-order valence-corrected chi connectivity index (χ4v) is 5.73. The zero-order valence-corrected chi connectivity index (χ0v) is 21.4. The van der Waals surface area contributed by atoms with E-state index in [1.807, 2.05) is 35.2 Å². The van der Waals surface area contributed by atoms with Gasteiger partial charge in [0.25, 0.3) is 0 Å². The van der Waals surface area contributed by atoms with Crippen LogP contribution in [0.4, 0.5) is 16.2 Å². The van der Waals surface area contributed by atoms with Crippen LogP contribution >= 0.6 is 0 Å². The lowest BCUT2D eigenvalue weighted by Gasteiger charge is -2.28. The number of hydrogen-bond acceptors (Lipinski definition) is 3. The van der Waals surface area contributed by atoms with Crippen molar-refractivity contribution in [3.05, 3.63) is 83.9 Å². The van der Waals surface area contributed by atoms with E-state index in [0.717, 1.165) is 61.3 Å². The Morgan fingerprint density at radius 1 is 0.892 bits per heavy atom. The van der Waals surface area contributed by atoms with Gasteiger partial charge in [0, 0.05) is 37.4 Å². The van der Waals surface area contributed by atoms with Gasteiger partial charge in [-0.25, -0.2) is 4.79 Å². The Morgan fingerprint density at radius 3 is 2.30 bits per heavy atom. The average molecular weight is 498 g/mol. The maximum absolute atomic E-state index is 13.2. The molecule has 5 rings (SSSR count). The number of aliphatic carboxylic acids is 1. The van der Waals surface area contributed by atoms with Crippen molar-refractivity contribution in [3.63, 3.8) is 0 Å². The van der Waals surface area contributed by atoms with Gasteiger partial charge in [0.1, 0.15) is 0 Å². The minimum Gasteiger partial charge on any atom is -0.481 e. The Morgan fingerprint density at radius 2 is 1.59 bits per heavy atom. The molecule has 6 heteroatoms. The summed E-state index contributed by atoms with van der Waals surface area (Å²) in [5.74, 6) is 0.149. The number of carboxylic acids is 1. The molecule has 6 nitrogen and oxygen atoms in total. The molecule has 2 aliphatic rings. The Bertz CT molecular complexity index is 1230. The van der Waals surface area contributed by atoms with Crippen LogP contribution in [0.25, 0.3) is 11.1 Å². The topological polar surface area (TPSA) is 72.9 Å². The van der Waals surface area contributed by atoms with Crippen molar-refractivity contribution >= 4 is 23.4 Å². The van der Waals surface area contributed by atoms with Crippen LogP contribution in [0, 0.1) is 5.92 Å². The molecular weight excluding hydrogens is 462 g/mol. The van der Waals surface area contributed by atoms with Crippen LogP contribution < -0.4 is 10.2 Å². The molecular formula is C31H35N3O3. The molecule has 3 aromatic carbocycles. The van der Waals surface area contributed by atoms with Crippen LogP contribution in [0.3, 0.4) is 0 Å². The van der Waals surface area contributed by atoms with Gasteiger partial charge >= 0.3 is 12.0 Å². The van der Waals surface area contributed by atoms with Crippen molar-refractivity contribution in [1.29, 1.82) is 0 Å². The van der Waals surface area contributed by atoms with Crippen molar-refractivity contribution in [2.75, 3.05) is 30.4 Å². The number of urea groups is 1. The SMILES string of the molecule is CN1CCN(C(=O)Nc2ccccc2)c2ccc(-c3ccc(C4CCC(CC(=O)O)CC4)cc3)cc2C1. The summed E-state index contributed by atoms with van der Waals surface area (Å²) < 4.78 is 0. The normalized spacial score (nSPS) is 20.1. The summed E-state index contributed by atoms with van der Waals surface area (Å²) in [7, 11) is 2.09. The Hall–Kier alpha value is -3.64. The van der Waals surface area contributed by atoms with Crippen molar-refractivity contribution in [1.82, 2.24) is 4.90 Å². The number of carbonyl (C=O) groups is 2. The second-order valence-electron chi connectivity index (χ2n) is 10.5. The average Bonchev–Trinajstić information content (AvgIpc) is 3.07. The molecule has 1 heterocycles. The molecule has 2 amide bonds. The molecule has 0 spiro atoms. The zero-order valence-electron chi connectivity index (χ0n) is 21.4. The highest BCUT2D eigenvalue weighted by molar-refractivity contribution is 6.02. The van der Waals surface area contributed by atoms with Gasteiger partial charge in [-0.2, -0.15) is 0 Å². The molecule has 0 aromatic heterocycles. The number of amides is 2. The first-order valence-electron chi connectivity index (χ1n) is 13.2. The second kappa shape index (κ2) is 11.2. The minimum absolute atomic E-state index is 0.113. The van der Waals surface area contributed by atoms with Gasteiger partial charge < -0.3 is 15.3 Å². The molecule has 37 heavy (non-hydrogen) atoms. The van der Waals surface area contributed by atoms with E-state index in [2.05, 4.69) is 59.7 Å². The number of anilines is 2. The van der Waals surface area contributed by atoms with E-state index in [1.54, 1.807) is 0 Å². The van der Waals surface area contributed by atoms with Crippen LogP contribution in [0.2, 0.25) is 0 Å². The lowest BCUT2D eigenvalue weighted by atomic mass is 9.77. The monoisotopic (exact) mass is 497 g/mol. The summed E-state index contributed by atoms with van der Waals surface area (Å²) in [4.78, 5) is 28.3. The fraction of sp³-hybridized carbons (Fsp3) is 0.355. The zero-order chi connectivity index (χ0) is 25.8. The molecule has 2 N–H and O–H groups in total. The highest BCUT2D eigenvalue weighted by Gasteiger charge is 2.25. The summed E-state index contributed by atoms with van der Waals surface area (Å²) in [5, 5.41) is 12.1. The Balaban J connectivity index is 1.31. The van der Waals surface area contributed by atoms with Crippen LogP contribution in [0.5, 0.6) is 0 Å². The van der Waals surface area contributed by atoms with Crippen LogP contribution in [0.1, 0.15) is 49.1 Å². The van der Waals surface area contributed by atoms with Gasteiger partial charge in [0.2, 0.25) is 0 Å². The van der Waals surface area contributed by atoms with Crippen LogP contribution in [-0.2, 0) is 11.3 Å². The quantitative estimate of drug-likeness (QED) is 0.417. The first-order valence-corrected chi connectivity index (χ1v) is 13.2. The third-order valence-corrected chi connectivity index (χ3v) is 7.81. The van der Waals surface area contributed by atoms with Gasteiger partial charge in [-0.05, 0) is 91.1 Å². The summed E-state index contributed by atoms with van der Waals surface area (Å²) in [6.45, 7) is 2.22. The lowest BCUT2D eigenvalue weighted by molar-refractivity contribution is -0.138. The standard InChI is InChI=1S/C31H35N3O3/c1-33-17-18-34(31(37)32-28-5-3-2-4-6-28)29-16-15-26(20-27(29)21-33)25-13-11-24(12-14-25)23-9-7-22(8-10-23)19-30(35)36/h2-6,11-16,20,22-23H,7-10,17-19,21H2,1H3,(H,32,37)(H,35,36). The molecule has 1 fully saturated rings. The predicted octanol–water partition coefficient (Wildman–Crippen LogP) is 6.59. The predicted molar refractivity (Wildman–Crippen MR) is 148 cm³/mol. The number of benzene rings is 3. The van der Waals surface area contributed by atoms with Crippen LogP contribution in [0.15, 0.2) is 72.8 Å². The lowest BCUT2D eigenvalue weighted by Crippen LogP contribution is -2.38. The van der Waals surface area contributed by atoms with Gasteiger partial charge in [0.15, 0.2) is 0 Å². The molecule has 3 aromatic rings. The van der Waals surface area contributed by atoms with Crippen molar-refractivity contribution in [3.8, 4) is 11.1 Å². The highest BCUT2D eigenvalue weighted by Crippen LogP contribution is 2.38. The number of nitrogens with zero attached hydrogens (tertiary/aromatic N) is 2. The first-order chi connectivity index (χ1) is 18.0. The number of hydrogen-bond donors (Lipinski definition) is 2. The van der Waals surface area contributed by atoms with E-state index in [4.69, 9.17) is 5.11 Å². The number of fused-ring (bicyclic) bond motifs is 1. The Labute approximate surface area is 218 Å². The molecule has 0 atom stereocenters. The summed E-state index contributed by atoms with van der Waals surface area (Å²) in [6.07, 6.45) is 4.40. The number of carbonyl (C=O) groups excluding carboxylic acids is 1. The number of para-hydroxylation sites is 1. The summed E-state index contributed by atoms with van der Waals surface area (Å²) in [6, 6.07) is 24.7. The van der Waals surface area contributed by atoms with E-state index in [9.17, 15) is 9.59 Å². The number of likely N-dealkylation sites (N-methyl/N-ethyl adjacent to an activating group) is 1. The molecule has 0 unspecified atom stereocenters. The van der Waals surface area contributed by atoms with Crippen molar-refractivity contribution in [2.24, 2.45) is 5.92 Å². The van der Waals surface area contributed by atoms with E-state index in [-0.39, 0.29) is 6.03 Å². The smallest absolute Gasteiger partial charge is 0.326 e. The minimum atomic E-state index is -0.681. The van der Waals surface area contributed by atoms with E-state index in [0.29, 0.717) is 24.8 Å². The molecule has 0 radical (unpaired) electrons. The molecule has 1 saturated carbocycles. The molecule has 1 aliphatic carbocycles. The van der Waals surface area contributed by atoms with Gasteiger partial charge in [0.05, 0.1) is 0 Å². The van der Waals surface area contributed by atoms with Gasteiger partial charge in [-0.3, -0.25) is 9.69 Å². The van der Waals surface area contributed by atoms with E-state index in [1.165, 1.54) is 11.1 Å². The first kappa shape index (κ1) is 25.0. The molecule has 0 saturated heterocycles. The number of carboxylic acid groups (broad SMARTS) is 1. The highest BCUT2D eigenvalue weighted by atomic mass is 16.4. The maximum atomic E-state index is 13.2. The fourth-order valence-electron chi connectivity index (χ4n) is 5.73. The second-order valence-corrected chi connectivity index (χ2v) is 10.5. The largest absolute Gasteiger partial charge is 0.481 e. The molecule has 1 aliphatic heterocycles. The van der Waals surface area contributed by atoms with Crippen molar-refractivity contribution < 1.29 is 14.7 Å². The van der Waals surface area contributed by atoms with Crippen molar-refractivity contribution in [2.45, 2.75) is 44.6 Å². The maximum Gasteiger partial charge on any atom is 0.326 e.